The third-order valence-electron chi connectivity index (χ3n) is 7.68. The monoisotopic (exact) mass is 582 g/mol. The SMILES string of the molecule is CCN1CCN(c2cc(C(=O)Nc3ccc(C)c(N4Cc5cnc(NC)nc5N(C)C4=O)c3)cc(C(F)(F)F)c2)CC1. The molecule has 5 rings (SSSR count). The van der Waals surface area contributed by atoms with E-state index in [2.05, 4.69) is 25.5 Å². The summed E-state index contributed by atoms with van der Waals surface area (Å²) in [7, 11) is 3.31. The topological polar surface area (TPSA) is 96.9 Å². The van der Waals surface area contributed by atoms with E-state index in [0.717, 1.165) is 42.9 Å². The minimum atomic E-state index is -4.61. The van der Waals surface area contributed by atoms with Crippen LogP contribution < -0.4 is 25.3 Å². The number of hydrogen-bond donors (Lipinski definition) is 2. The number of urea groups is 1. The second-order valence-electron chi connectivity index (χ2n) is 10.4. The number of rotatable bonds is 6. The summed E-state index contributed by atoms with van der Waals surface area (Å²) >= 11 is 0. The molecule has 3 heterocycles. The third-order valence-corrected chi connectivity index (χ3v) is 7.68. The Morgan fingerprint density at radius 3 is 2.48 bits per heavy atom. The van der Waals surface area contributed by atoms with Gasteiger partial charge in [-0.25, -0.2) is 9.78 Å². The van der Waals surface area contributed by atoms with Gasteiger partial charge in [0.1, 0.15) is 5.82 Å². The van der Waals surface area contributed by atoms with Gasteiger partial charge in [-0.15, -0.1) is 0 Å². The van der Waals surface area contributed by atoms with E-state index in [-0.39, 0.29) is 18.1 Å². The van der Waals surface area contributed by atoms with Gasteiger partial charge < -0.3 is 20.4 Å². The largest absolute Gasteiger partial charge is 0.416 e. The second-order valence-corrected chi connectivity index (χ2v) is 10.4. The third kappa shape index (κ3) is 5.82. The summed E-state index contributed by atoms with van der Waals surface area (Å²) in [5.74, 6) is 0.211. The molecule has 10 nitrogen and oxygen atoms in total. The van der Waals surface area contributed by atoms with E-state index in [9.17, 15) is 22.8 Å². The fourth-order valence-electron chi connectivity index (χ4n) is 5.21. The molecule has 2 N–H and O–H groups in total. The molecule has 2 aromatic carbocycles. The first-order valence-electron chi connectivity index (χ1n) is 13.7. The number of carbonyl (C=O) groups is 2. The highest BCUT2D eigenvalue weighted by atomic mass is 19.4. The molecule has 0 atom stereocenters. The summed E-state index contributed by atoms with van der Waals surface area (Å²) in [6.07, 6.45) is -2.96. The molecule has 3 amide bonds. The van der Waals surface area contributed by atoms with Crippen LogP contribution in [0.4, 0.5) is 46.8 Å². The number of hydrogen-bond acceptors (Lipinski definition) is 7. The van der Waals surface area contributed by atoms with Crippen molar-refractivity contribution in [2.45, 2.75) is 26.6 Å². The van der Waals surface area contributed by atoms with Crippen molar-refractivity contribution in [1.29, 1.82) is 0 Å². The van der Waals surface area contributed by atoms with Crippen LogP contribution in [0.15, 0.2) is 42.6 Å². The van der Waals surface area contributed by atoms with E-state index in [1.165, 1.54) is 11.0 Å². The summed E-state index contributed by atoms with van der Waals surface area (Å²) in [5.41, 5.74) is 1.79. The van der Waals surface area contributed by atoms with Crippen molar-refractivity contribution in [3.05, 3.63) is 64.8 Å². The number of anilines is 5. The van der Waals surface area contributed by atoms with Crippen LogP contribution in [0.2, 0.25) is 0 Å². The summed E-state index contributed by atoms with van der Waals surface area (Å²) in [4.78, 5) is 42.4. The van der Waals surface area contributed by atoms with Crippen molar-refractivity contribution < 1.29 is 22.8 Å². The van der Waals surface area contributed by atoms with Gasteiger partial charge in [0.05, 0.1) is 17.8 Å². The molecule has 1 fully saturated rings. The van der Waals surface area contributed by atoms with Crippen LogP contribution >= 0.6 is 0 Å². The van der Waals surface area contributed by atoms with E-state index in [1.807, 2.05) is 18.7 Å². The number of piperazine rings is 1. The molecule has 0 radical (unpaired) electrons. The van der Waals surface area contributed by atoms with E-state index in [4.69, 9.17) is 0 Å². The maximum atomic E-state index is 13.8. The van der Waals surface area contributed by atoms with Crippen molar-refractivity contribution in [1.82, 2.24) is 14.9 Å². The Bertz CT molecular complexity index is 1500. The molecule has 0 spiro atoms. The van der Waals surface area contributed by atoms with Gasteiger partial charge in [0, 0.05) is 69.0 Å². The summed E-state index contributed by atoms with van der Waals surface area (Å²) in [5, 5.41) is 5.59. The zero-order valence-electron chi connectivity index (χ0n) is 23.9. The predicted octanol–water partition coefficient (Wildman–Crippen LogP) is 4.82. The quantitative estimate of drug-likeness (QED) is 0.431. The number of aromatic nitrogens is 2. The van der Waals surface area contributed by atoms with E-state index in [1.54, 1.807) is 43.4 Å². The lowest BCUT2D eigenvalue weighted by Crippen LogP contribution is -2.46. The van der Waals surface area contributed by atoms with Gasteiger partial charge in [0.2, 0.25) is 5.95 Å². The molecule has 0 aliphatic carbocycles. The first-order valence-corrected chi connectivity index (χ1v) is 13.7. The number of nitrogens with one attached hydrogen (secondary N) is 2. The van der Waals surface area contributed by atoms with Crippen LogP contribution in [0.25, 0.3) is 0 Å². The lowest BCUT2D eigenvalue weighted by Gasteiger charge is -2.36. The van der Waals surface area contributed by atoms with Crippen molar-refractivity contribution in [3.63, 3.8) is 0 Å². The fourth-order valence-corrected chi connectivity index (χ4v) is 5.21. The molecule has 42 heavy (non-hydrogen) atoms. The molecule has 222 valence electrons. The van der Waals surface area contributed by atoms with Crippen LogP contribution in [0.3, 0.4) is 0 Å². The summed E-state index contributed by atoms with van der Waals surface area (Å²) in [6, 6.07) is 8.20. The normalized spacial score (nSPS) is 16.0. The lowest BCUT2D eigenvalue weighted by atomic mass is 10.1. The Balaban J connectivity index is 1.41. The highest BCUT2D eigenvalue weighted by Crippen LogP contribution is 2.35. The fraction of sp³-hybridized carbons (Fsp3) is 0.379. The van der Waals surface area contributed by atoms with Crippen molar-refractivity contribution in [3.8, 4) is 0 Å². The number of carbonyl (C=O) groups excluding carboxylic acids is 2. The number of benzene rings is 2. The van der Waals surface area contributed by atoms with Gasteiger partial charge in [-0.05, 0) is 49.4 Å². The molecule has 0 saturated carbocycles. The molecular formula is C29H33F3N8O2. The van der Waals surface area contributed by atoms with Crippen molar-refractivity contribution >= 4 is 40.8 Å². The van der Waals surface area contributed by atoms with Gasteiger partial charge in [-0.2, -0.15) is 18.2 Å². The molecule has 13 heteroatoms. The Morgan fingerprint density at radius 2 is 1.81 bits per heavy atom. The van der Waals surface area contributed by atoms with E-state index < -0.39 is 17.6 Å². The molecule has 2 aliphatic heterocycles. The van der Waals surface area contributed by atoms with E-state index in [0.29, 0.717) is 41.9 Å². The van der Waals surface area contributed by atoms with Crippen LogP contribution in [0.1, 0.15) is 34.0 Å². The zero-order chi connectivity index (χ0) is 30.2. The number of likely N-dealkylation sites (N-methyl/N-ethyl adjacent to an activating group) is 1. The number of alkyl halides is 3. The number of aryl methyl sites for hydroxylation is 1. The zero-order valence-corrected chi connectivity index (χ0v) is 23.9. The Labute approximate surface area is 242 Å². The Morgan fingerprint density at radius 1 is 1.07 bits per heavy atom. The smallest absolute Gasteiger partial charge is 0.369 e. The van der Waals surface area contributed by atoms with Gasteiger partial charge in [-0.3, -0.25) is 14.6 Å². The molecular weight excluding hydrogens is 549 g/mol. The maximum Gasteiger partial charge on any atom is 0.416 e. The van der Waals surface area contributed by atoms with Crippen LogP contribution in [0, 0.1) is 6.92 Å². The van der Waals surface area contributed by atoms with Crippen LogP contribution in [0.5, 0.6) is 0 Å². The number of fused-ring (bicyclic) bond motifs is 1. The molecule has 2 aliphatic rings. The number of halogens is 3. The average Bonchev–Trinajstić information content (AvgIpc) is 2.99. The molecule has 3 aromatic rings. The minimum Gasteiger partial charge on any atom is -0.369 e. The lowest BCUT2D eigenvalue weighted by molar-refractivity contribution is -0.137. The first kappa shape index (κ1) is 29.1. The van der Waals surface area contributed by atoms with Crippen LogP contribution in [-0.4, -0.2) is 73.6 Å². The standard InChI is InChI=1S/C29H33F3N8O2/c1-5-38-8-10-39(11-9-38)23-13-19(12-21(14-23)29(30,31)32)26(41)35-22-7-6-18(2)24(15-22)40-17-20-16-34-27(33-3)36-25(20)37(4)28(40)42/h6-7,12-16H,5,8-11,17H2,1-4H3,(H,35,41)(H,33,34,36). The second kappa shape index (κ2) is 11.5. The average molecular weight is 583 g/mol. The van der Waals surface area contributed by atoms with Crippen molar-refractivity contribution in [2.24, 2.45) is 0 Å². The van der Waals surface area contributed by atoms with Gasteiger partial charge >= 0.3 is 12.2 Å². The van der Waals surface area contributed by atoms with Gasteiger partial charge in [-0.1, -0.05) is 13.0 Å². The van der Waals surface area contributed by atoms with Gasteiger partial charge in [0.15, 0.2) is 0 Å². The summed E-state index contributed by atoms with van der Waals surface area (Å²) < 4.78 is 41.5. The first-order chi connectivity index (χ1) is 20.0. The Hall–Kier alpha value is -4.39. The minimum absolute atomic E-state index is 0.0972. The number of amides is 3. The highest BCUT2D eigenvalue weighted by molar-refractivity contribution is 6.07. The molecule has 0 bridgehead atoms. The molecule has 1 aromatic heterocycles. The molecule has 0 unspecified atom stereocenters. The maximum absolute atomic E-state index is 13.8. The predicted molar refractivity (Wildman–Crippen MR) is 156 cm³/mol. The molecule has 1 saturated heterocycles. The van der Waals surface area contributed by atoms with Crippen molar-refractivity contribution in [2.75, 3.05) is 72.2 Å². The highest BCUT2D eigenvalue weighted by Gasteiger charge is 2.34. The summed E-state index contributed by atoms with van der Waals surface area (Å²) in [6.45, 7) is 7.58. The Kier molecular flexibility index (Phi) is 7.95. The van der Waals surface area contributed by atoms with Crippen LogP contribution in [-0.2, 0) is 12.7 Å². The van der Waals surface area contributed by atoms with Gasteiger partial charge in [0.25, 0.3) is 5.91 Å². The number of nitrogens with zero attached hydrogens (tertiary/aromatic N) is 6. The van der Waals surface area contributed by atoms with E-state index >= 15 is 0 Å².